The van der Waals surface area contributed by atoms with Crippen molar-refractivity contribution in [1.29, 1.82) is 0 Å². The minimum absolute atomic E-state index is 0.0143. The molecule has 0 atom stereocenters. The highest BCUT2D eigenvalue weighted by Crippen LogP contribution is 2.31. The maximum absolute atomic E-state index is 13.0. The van der Waals surface area contributed by atoms with E-state index in [1.165, 1.54) is 4.88 Å². The first-order valence-corrected chi connectivity index (χ1v) is 9.68. The molecule has 1 aliphatic rings. The van der Waals surface area contributed by atoms with Crippen LogP contribution < -0.4 is 5.56 Å². The van der Waals surface area contributed by atoms with Gasteiger partial charge in [0.1, 0.15) is 10.5 Å². The van der Waals surface area contributed by atoms with Crippen LogP contribution >= 0.6 is 11.3 Å². The second-order valence-electron chi connectivity index (χ2n) is 6.61. The van der Waals surface area contributed by atoms with Crippen LogP contribution in [0.5, 0.6) is 0 Å². The highest BCUT2D eigenvalue weighted by atomic mass is 32.1. The summed E-state index contributed by atoms with van der Waals surface area (Å²) in [6.45, 7) is 1.91. The molecule has 4 aromatic heterocycles. The third-order valence-electron chi connectivity index (χ3n) is 4.67. The molecule has 1 aliphatic heterocycles. The Morgan fingerprint density at radius 1 is 1.38 bits per heavy atom. The van der Waals surface area contributed by atoms with E-state index in [9.17, 15) is 4.79 Å². The van der Waals surface area contributed by atoms with E-state index in [4.69, 9.17) is 18.8 Å². The SMILES string of the molecule is CN1CCc2c(sc3ncn(Cc4cc(-c5ccco5)on4)c(=O)c23)C1.O=CO. The molecule has 0 fully saturated rings. The average molecular weight is 414 g/mol. The van der Waals surface area contributed by atoms with E-state index < -0.39 is 0 Å². The molecule has 0 amide bonds. The van der Waals surface area contributed by atoms with Crippen molar-refractivity contribution in [3.8, 4) is 11.5 Å². The number of carbonyl (C=O) groups is 1. The van der Waals surface area contributed by atoms with Crippen LogP contribution in [0.15, 0.2) is 44.5 Å². The lowest BCUT2D eigenvalue weighted by atomic mass is 10.1. The van der Waals surface area contributed by atoms with Crippen LogP contribution in [0.1, 0.15) is 16.1 Å². The molecule has 29 heavy (non-hydrogen) atoms. The minimum Gasteiger partial charge on any atom is -0.483 e. The number of hydrogen-bond donors (Lipinski definition) is 1. The molecule has 0 aromatic carbocycles. The van der Waals surface area contributed by atoms with Crippen LogP contribution in [-0.4, -0.2) is 44.8 Å². The largest absolute Gasteiger partial charge is 0.483 e. The number of likely N-dealkylation sites (N-methyl/N-ethyl adjacent to an activating group) is 1. The van der Waals surface area contributed by atoms with Gasteiger partial charge in [0, 0.05) is 24.0 Å². The number of carboxylic acid groups (broad SMARTS) is 1. The van der Waals surface area contributed by atoms with Crippen molar-refractivity contribution in [2.75, 3.05) is 13.6 Å². The molecule has 5 heterocycles. The summed E-state index contributed by atoms with van der Waals surface area (Å²) in [5.74, 6) is 1.16. The molecule has 9 nitrogen and oxygen atoms in total. The van der Waals surface area contributed by atoms with Crippen molar-refractivity contribution in [1.82, 2.24) is 19.6 Å². The molecule has 0 saturated heterocycles. The minimum atomic E-state index is -0.250. The molecule has 0 bridgehead atoms. The second kappa shape index (κ2) is 8.02. The Bertz CT molecular complexity index is 1190. The quantitative estimate of drug-likeness (QED) is 0.509. The highest BCUT2D eigenvalue weighted by Gasteiger charge is 2.22. The van der Waals surface area contributed by atoms with Crippen molar-refractivity contribution in [2.45, 2.75) is 19.5 Å². The van der Waals surface area contributed by atoms with E-state index in [-0.39, 0.29) is 12.0 Å². The zero-order chi connectivity index (χ0) is 20.4. The first-order valence-electron chi connectivity index (χ1n) is 8.86. The molecule has 0 aliphatic carbocycles. The summed E-state index contributed by atoms with van der Waals surface area (Å²) in [7, 11) is 2.10. The molecular formula is C19H18N4O5S. The smallest absolute Gasteiger partial charge is 0.290 e. The molecule has 10 heteroatoms. The predicted molar refractivity (Wildman–Crippen MR) is 106 cm³/mol. The standard InChI is InChI=1S/C18H16N4O3S.CH2O2/c1-21-5-4-12-15(9-21)26-17-16(12)18(23)22(10-19-17)8-11-7-14(25-20-11)13-3-2-6-24-13;2-1-3/h2-3,6-7,10H,4-5,8-9H2,1H3;1H,(H,2,3). The van der Waals surface area contributed by atoms with Gasteiger partial charge < -0.3 is 18.9 Å². The number of hydrogen-bond acceptors (Lipinski definition) is 8. The van der Waals surface area contributed by atoms with E-state index in [2.05, 4.69) is 22.1 Å². The second-order valence-corrected chi connectivity index (χ2v) is 7.70. The number of fused-ring (bicyclic) bond motifs is 3. The maximum Gasteiger partial charge on any atom is 0.290 e. The fraction of sp³-hybridized carbons (Fsp3) is 0.263. The number of rotatable bonds is 3. The summed E-state index contributed by atoms with van der Waals surface area (Å²) >= 11 is 1.62. The van der Waals surface area contributed by atoms with Crippen LogP contribution in [0.3, 0.4) is 0 Å². The first-order chi connectivity index (χ1) is 14.1. The molecule has 5 rings (SSSR count). The summed E-state index contributed by atoms with van der Waals surface area (Å²) in [6.07, 6.45) is 4.06. The fourth-order valence-electron chi connectivity index (χ4n) is 3.35. The van der Waals surface area contributed by atoms with Gasteiger partial charge in [-0.1, -0.05) is 5.16 Å². The molecular weight excluding hydrogens is 396 g/mol. The lowest BCUT2D eigenvalue weighted by Crippen LogP contribution is -2.27. The Morgan fingerprint density at radius 3 is 2.97 bits per heavy atom. The Hall–Kier alpha value is -3.24. The van der Waals surface area contributed by atoms with E-state index >= 15 is 0 Å². The Kier molecular flexibility index (Phi) is 5.28. The molecule has 4 aromatic rings. The third kappa shape index (κ3) is 3.71. The van der Waals surface area contributed by atoms with E-state index in [1.54, 1.807) is 46.7 Å². The fourth-order valence-corrected chi connectivity index (χ4v) is 4.61. The lowest BCUT2D eigenvalue weighted by Gasteiger charge is -2.21. The van der Waals surface area contributed by atoms with Gasteiger partial charge in [-0.05, 0) is 31.2 Å². The van der Waals surface area contributed by atoms with Gasteiger partial charge in [-0.25, -0.2) is 4.98 Å². The van der Waals surface area contributed by atoms with Gasteiger partial charge >= 0.3 is 0 Å². The van der Waals surface area contributed by atoms with Crippen LogP contribution in [0.2, 0.25) is 0 Å². The van der Waals surface area contributed by atoms with Crippen LogP contribution in [0.25, 0.3) is 21.7 Å². The number of thiophene rings is 1. The molecule has 150 valence electrons. The summed E-state index contributed by atoms with van der Waals surface area (Å²) in [6, 6.07) is 5.38. The Balaban J connectivity index is 0.000000645. The third-order valence-corrected chi connectivity index (χ3v) is 5.80. The van der Waals surface area contributed by atoms with Crippen molar-refractivity contribution in [3.05, 3.63) is 57.3 Å². The topological polar surface area (TPSA) is 115 Å². The zero-order valence-corrected chi connectivity index (χ0v) is 16.4. The van der Waals surface area contributed by atoms with Gasteiger partial charge in [-0.15, -0.1) is 11.3 Å². The van der Waals surface area contributed by atoms with Crippen LogP contribution in [0.4, 0.5) is 0 Å². The van der Waals surface area contributed by atoms with Gasteiger partial charge in [0.2, 0.25) is 5.76 Å². The monoisotopic (exact) mass is 414 g/mol. The zero-order valence-electron chi connectivity index (χ0n) is 15.6. The molecule has 0 saturated carbocycles. The number of furan rings is 1. The van der Waals surface area contributed by atoms with Crippen molar-refractivity contribution in [3.63, 3.8) is 0 Å². The highest BCUT2D eigenvalue weighted by molar-refractivity contribution is 7.18. The Labute approximate surface area is 168 Å². The number of aromatic nitrogens is 3. The summed E-state index contributed by atoms with van der Waals surface area (Å²) in [5.41, 5.74) is 1.80. The average Bonchev–Trinajstić information content (AvgIpc) is 3.43. The van der Waals surface area contributed by atoms with Crippen molar-refractivity contribution in [2.24, 2.45) is 0 Å². The lowest BCUT2D eigenvalue weighted by molar-refractivity contribution is -0.122. The normalized spacial score (nSPS) is 13.7. The summed E-state index contributed by atoms with van der Waals surface area (Å²) in [5, 5.41) is 11.7. The molecule has 0 spiro atoms. The van der Waals surface area contributed by atoms with Gasteiger partial charge in [0.15, 0.2) is 5.76 Å². The maximum atomic E-state index is 13.0. The molecule has 1 N–H and O–H groups in total. The van der Waals surface area contributed by atoms with Crippen LogP contribution in [-0.2, 0) is 24.3 Å². The van der Waals surface area contributed by atoms with E-state index in [0.717, 1.165) is 35.3 Å². The van der Waals surface area contributed by atoms with Gasteiger partial charge in [-0.3, -0.25) is 14.2 Å². The Morgan fingerprint density at radius 2 is 2.21 bits per heavy atom. The van der Waals surface area contributed by atoms with Gasteiger partial charge in [0.05, 0.1) is 24.5 Å². The summed E-state index contributed by atoms with van der Waals surface area (Å²) in [4.78, 5) is 30.2. The van der Waals surface area contributed by atoms with Crippen molar-refractivity contribution >= 4 is 28.0 Å². The van der Waals surface area contributed by atoms with Crippen molar-refractivity contribution < 1.29 is 18.8 Å². The van der Waals surface area contributed by atoms with Crippen LogP contribution in [0, 0.1) is 0 Å². The predicted octanol–water partition coefficient (Wildman–Crippen LogP) is 2.44. The molecule has 0 unspecified atom stereocenters. The van der Waals surface area contributed by atoms with Gasteiger partial charge in [-0.2, -0.15) is 0 Å². The van der Waals surface area contributed by atoms with E-state index in [1.807, 2.05) is 0 Å². The first kappa shape index (κ1) is 19.1. The van der Waals surface area contributed by atoms with Gasteiger partial charge in [0.25, 0.3) is 12.0 Å². The van der Waals surface area contributed by atoms with E-state index in [0.29, 0.717) is 23.8 Å². The number of nitrogens with zero attached hydrogens (tertiary/aromatic N) is 4. The molecule has 0 radical (unpaired) electrons. The summed E-state index contributed by atoms with van der Waals surface area (Å²) < 4.78 is 12.2.